The molecule has 0 saturated heterocycles. The lowest BCUT2D eigenvalue weighted by molar-refractivity contribution is 0.119. The Bertz CT molecular complexity index is 532. The molecule has 18 heavy (non-hydrogen) atoms. The van der Waals surface area contributed by atoms with Crippen molar-refractivity contribution in [2.24, 2.45) is 0 Å². The number of hydrogen-bond acceptors (Lipinski definition) is 3. The maximum atomic E-state index is 5.33. The average molecular weight is 242 g/mol. The van der Waals surface area contributed by atoms with E-state index in [-0.39, 0.29) is 6.10 Å². The monoisotopic (exact) mass is 242 g/mol. The molecule has 2 aromatic rings. The molecule has 1 atom stereocenters. The molecule has 0 radical (unpaired) electrons. The summed E-state index contributed by atoms with van der Waals surface area (Å²) in [5, 5.41) is 0. The van der Waals surface area contributed by atoms with Crippen molar-refractivity contribution < 1.29 is 4.74 Å². The topological polar surface area (TPSA) is 35.0 Å². The van der Waals surface area contributed by atoms with Crippen molar-refractivity contribution >= 4 is 0 Å². The molecule has 0 aliphatic carbocycles. The highest BCUT2D eigenvalue weighted by atomic mass is 16.5. The zero-order valence-electron chi connectivity index (χ0n) is 11.3. The molecule has 0 N–H and O–H groups in total. The summed E-state index contributed by atoms with van der Waals surface area (Å²) >= 11 is 0. The van der Waals surface area contributed by atoms with E-state index in [0.29, 0.717) is 0 Å². The van der Waals surface area contributed by atoms with Crippen LogP contribution >= 0.6 is 0 Å². The smallest absolute Gasteiger partial charge is 0.159 e. The van der Waals surface area contributed by atoms with Gasteiger partial charge in [0.15, 0.2) is 5.82 Å². The van der Waals surface area contributed by atoms with Gasteiger partial charge in [-0.25, -0.2) is 9.97 Å². The minimum Gasteiger partial charge on any atom is -0.377 e. The van der Waals surface area contributed by atoms with E-state index in [4.69, 9.17) is 4.74 Å². The molecule has 1 aromatic carbocycles. The predicted molar refractivity (Wildman–Crippen MR) is 72.4 cm³/mol. The van der Waals surface area contributed by atoms with Crippen LogP contribution in [0.1, 0.15) is 30.0 Å². The van der Waals surface area contributed by atoms with Crippen LogP contribution in [-0.2, 0) is 4.74 Å². The van der Waals surface area contributed by atoms with Gasteiger partial charge in [0, 0.05) is 24.1 Å². The summed E-state index contributed by atoms with van der Waals surface area (Å²) in [7, 11) is 1.71. The standard InChI is InChI=1S/C15H18N2O/c1-10-8-11(2)17-15(16-10)14-7-5-6-13(9-14)12(3)18-4/h5-9,12H,1-4H3/t12-/m1/s1. The Morgan fingerprint density at radius 2 is 1.72 bits per heavy atom. The normalized spacial score (nSPS) is 12.4. The Labute approximate surface area is 108 Å². The number of rotatable bonds is 3. The first-order chi connectivity index (χ1) is 8.60. The summed E-state index contributed by atoms with van der Waals surface area (Å²) in [6.07, 6.45) is 0.0795. The van der Waals surface area contributed by atoms with Gasteiger partial charge in [0.05, 0.1) is 6.10 Å². The molecule has 0 amide bonds. The zero-order valence-corrected chi connectivity index (χ0v) is 11.3. The van der Waals surface area contributed by atoms with Crippen LogP contribution in [-0.4, -0.2) is 17.1 Å². The summed E-state index contributed by atoms with van der Waals surface area (Å²) in [6.45, 7) is 6.00. The number of aryl methyl sites for hydroxylation is 2. The first-order valence-corrected chi connectivity index (χ1v) is 6.05. The predicted octanol–water partition coefficient (Wildman–Crippen LogP) is 3.47. The summed E-state index contributed by atoms with van der Waals surface area (Å²) in [5.41, 5.74) is 4.14. The Morgan fingerprint density at radius 3 is 2.33 bits per heavy atom. The molecule has 0 aliphatic heterocycles. The van der Waals surface area contributed by atoms with Crippen LogP contribution in [0, 0.1) is 13.8 Å². The van der Waals surface area contributed by atoms with Crippen molar-refractivity contribution in [1.82, 2.24) is 9.97 Å². The number of ether oxygens (including phenoxy) is 1. The van der Waals surface area contributed by atoms with E-state index in [1.165, 1.54) is 0 Å². The first kappa shape index (κ1) is 12.7. The minimum atomic E-state index is 0.0795. The van der Waals surface area contributed by atoms with Crippen LogP contribution in [0.3, 0.4) is 0 Å². The molecule has 0 unspecified atom stereocenters. The van der Waals surface area contributed by atoms with Gasteiger partial charge in [-0.15, -0.1) is 0 Å². The lowest BCUT2D eigenvalue weighted by Gasteiger charge is -2.11. The minimum absolute atomic E-state index is 0.0795. The zero-order chi connectivity index (χ0) is 13.1. The van der Waals surface area contributed by atoms with E-state index in [0.717, 1.165) is 28.3 Å². The van der Waals surface area contributed by atoms with Crippen LogP contribution in [0.2, 0.25) is 0 Å². The van der Waals surface area contributed by atoms with Gasteiger partial charge in [-0.1, -0.05) is 18.2 Å². The molecule has 3 heteroatoms. The SMILES string of the molecule is CO[C@H](C)c1cccc(-c2nc(C)cc(C)n2)c1. The van der Waals surface area contributed by atoms with Gasteiger partial charge < -0.3 is 4.74 Å². The van der Waals surface area contributed by atoms with Gasteiger partial charge in [0.2, 0.25) is 0 Å². The van der Waals surface area contributed by atoms with Crippen molar-refractivity contribution in [1.29, 1.82) is 0 Å². The van der Waals surface area contributed by atoms with Crippen LogP contribution in [0.5, 0.6) is 0 Å². The van der Waals surface area contributed by atoms with E-state index in [9.17, 15) is 0 Å². The number of nitrogens with zero attached hydrogens (tertiary/aromatic N) is 2. The molecule has 0 bridgehead atoms. The highest BCUT2D eigenvalue weighted by Crippen LogP contribution is 2.22. The van der Waals surface area contributed by atoms with Gasteiger partial charge in [-0.05, 0) is 38.5 Å². The fraction of sp³-hybridized carbons (Fsp3) is 0.333. The van der Waals surface area contributed by atoms with Crippen molar-refractivity contribution in [3.8, 4) is 11.4 Å². The fourth-order valence-electron chi connectivity index (χ4n) is 1.92. The second kappa shape index (κ2) is 5.27. The van der Waals surface area contributed by atoms with E-state index in [1.807, 2.05) is 39.0 Å². The molecular formula is C15H18N2O. The van der Waals surface area contributed by atoms with E-state index in [2.05, 4.69) is 22.1 Å². The van der Waals surface area contributed by atoms with Crippen LogP contribution < -0.4 is 0 Å². The number of methoxy groups -OCH3 is 1. The third-order valence-electron chi connectivity index (χ3n) is 2.95. The quantitative estimate of drug-likeness (QED) is 0.826. The van der Waals surface area contributed by atoms with Crippen LogP contribution in [0.4, 0.5) is 0 Å². The summed E-state index contributed by atoms with van der Waals surface area (Å²) < 4.78 is 5.33. The molecule has 2 rings (SSSR count). The summed E-state index contributed by atoms with van der Waals surface area (Å²) in [5.74, 6) is 0.776. The van der Waals surface area contributed by atoms with Crippen LogP contribution in [0.15, 0.2) is 30.3 Å². The maximum absolute atomic E-state index is 5.33. The molecule has 3 nitrogen and oxygen atoms in total. The third kappa shape index (κ3) is 2.74. The Hall–Kier alpha value is -1.74. The average Bonchev–Trinajstić information content (AvgIpc) is 2.37. The van der Waals surface area contributed by atoms with Crippen molar-refractivity contribution in [2.75, 3.05) is 7.11 Å². The van der Waals surface area contributed by atoms with E-state index < -0.39 is 0 Å². The highest BCUT2D eigenvalue weighted by Gasteiger charge is 2.07. The van der Waals surface area contributed by atoms with Crippen molar-refractivity contribution in [3.63, 3.8) is 0 Å². The first-order valence-electron chi connectivity index (χ1n) is 6.05. The van der Waals surface area contributed by atoms with Crippen molar-refractivity contribution in [2.45, 2.75) is 26.9 Å². The second-order valence-corrected chi connectivity index (χ2v) is 4.48. The van der Waals surface area contributed by atoms with Crippen LogP contribution in [0.25, 0.3) is 11.4 Å². The molecule has 0 spiro atoms. The summed E-state index contributed by atoms with van der Waals surface area (Å²) in [6, 6.07) is 10.2. The van der Waals surface area contributed by atoms with Gasteiger partial charge in [0.25, 0.3) is 0 Å². The van der Waals surface area contributed by atoms with Gasteiger partial charge in [-0.3, -0.25) is 0 Å². The Balaban J connectivity index is 2.44. The fourth-order valence-corrected chi connectivity index (χ4v) is 1.92. The number of hydrogen-bond donors (Lipinski definition) is 0. The summed E-state index contributed by atoms with van der Waals surface area (Å²) in [4.78, 5) is 8.96. The highest BCUT2D eigenvalue weighted by molar-refractivity contribution is 5.56. The lowest BCUT2D eigenvalue weighted by atomic mass is 10.1. The van der Waals surface area contributed by atoms with E-state index in [1.54, 1.807) is 7.11 Å². The molecule has 94 valence electrons. The molecule has 0 fully saturated rings. The molecular weight excluding hydrogens is 224 g/mol. The van der Waals surface area contributed by atoms with E-state index >= 15 is 0 Å². The molecule has 1 aromatic heterocycles. The van der Waals surface area contributed by atoms with Crippen molar-refractivity contribution in [3.05, 3.63) is 47.3 Å². The molecule has 1 heterocycles. The second-order valence-electron chi connectivity index (χ2n) is 4.48. The third-order valence-corrected chi connectivity index (χ3v) is 2.95. The largest absolute Gasteiger partial charge is 0.377 e. The van der Waals surface area contributed by atoms with Gasteiger partial charge in [-0.2, -0.15) is 0 Å². The Morgan fingerprint density at radius 1 is 1.06 bits per heavy atom. The number of aromatic nitrogens is 2. The van der Waals surface area contributed by atoms with Gasteiger partial charge in [0.1, 0.15) is 0 Å². The Kier molecular flexibility index (Phi) is 3.72. The molecule has 0 saturated carbocycles. The van der Waals surface area contributed by atoms with Gasteiger partial charge >= 0.3 is 0 Å². The lowest BCUT2D eigenvalue weighted by Crippen LogP contribution is -1.98. The number of benzene rings is 1. The maximum Gasteiger partial charge on any atom is 0.159 e. The molecule has 0 aliphatic rings.